The van der Waals surface area contributed by atoms with Crippen molar-refractivity contribution < 1.29 is 4.42 Å². The number of hydrogen-bond donors (Lipinski definition) is 1. The van der Waals surface area contributed by atoms with Gasteiger partial charge in [0, 0.05) is 18.0 Å². The summed E-state index contributed by atoms with van der Waals surface area (Å²) in [5, 5.41) is 6.97. The standard InChI is InChI=1S/C11H7BrN4O/c12-9-2-1-8(17-9)11-14-10(15-16-11)7-3-5-13-6-4-7/h1-6H,(H,14,15,16). The van der Waals surface area contributed by atoms with Crippen LogP contribution in [0.15, 0.2) is 45.7 Å². The van der Waals surface area contributed by atoms with E-state index in [1.165, 1.54) is 0 Å². The predicted molar refractivity (Wildman–Crippen MR) is 65.0 cm³/mol. The number of H-pyrrole nitrogens is 1. The summed E-state index contributed by atoms with van der Waals surface area (Å²) in [6, 6.07) is 7.33. The fourth-order valence-electron chi connectivity index (χ4n) is 1.44. The molecule has 0 fully saturated rings. The predicted octanol–water partition coefficient (Wildman–Crippen LogP) is 2.89. The van der Waals surface area contributed by atoms with Crippen LogP contribution < -0.4 is 0 Å². The summed E-state index contributed by atoms with van der Waals surface area (Å²) < 4.78 is 6.05. The molecule has 0 aliphatic heterocycles. The molecule has 3 heterocycles. The number of aromatic amines is 1. The minimum absolute atomic E-state index is 0.600. The quantitative estimate of drug-likeness (QED) is 0.788. The molecule has 0 radical (unpaired) electrons. The van der Waals surface area contributed by atoms with Gasteiger partial charge in [-0.2, -0.15) is 5.10 Å². The molecule has 0 unspecified atom stereocenters. The second kappa shape index (κ2) is 4.14. The Morgan fingerprint density at radius 2 is 1.94 bits per heavy atom. The Bertz CT molecular complexity index is 632. The van der Waals surface area contributed by atoms with Crippen LogP contribution in [0.1, 0.15) is 0 Å². The van der Waals surface area contributed by atoms with E-state index in [-0.39, 0.29) is 0 Å². The zero-order valence-corrected chi connectivity index (χ0v) is 10.2. The van der Waals surface area contributed by atoms with E-state index in [2.05, 4.69) is 36.1 Å². The van der Waals surface area contributed by atoms with Gasteiger partial charge in [-0.05, 0) is 40.2 Å². The summed E-state index contributed by atoms with van der Waals surface area (Å²) in [4.78, 5) is 8.30. The van der Waals surface area contributed by atoms with Gasteiger partial charge in [-0.25, -0.2) is 4.98 Å². The Morgan fingerprint density at radius 3 is 2.65 bits per heavy atom. The van der Waals surface area contributed by atoms with Crippen molar-refractivity contribution in [2.75, 3.05) is 0 Å². The van der Waals surface area contributed by atoms with Crippen molar-refractivity contribution in [2.24, 2.45) is 0 Å². The van der Waals surface area contributed by atoms with Crippen LogP contribution in [-0.4, -0.2) is 20.2 Å². The van der Waals surface area contributed by atoms with Crippen LogP contribution in [0.3, 0.4) is 0 Å². The zero-order valence-electron chi connectivity index (χ0n) is 8.59. The average Bonchev–Trinajstić information content (AvgIpc) is 2.98. The Labute approximate surface area is 105 Å². The summed E-state index contributed by atoms with van der Waals surface area (Å²) >= 11 is 3.24. The molecule has 0 aromatic carbocycles. The molecule has 0 aliphatic carbocycles. The Kier molecular flexibility index (Phi) is 2.49. The number of pyridine rings is 1. The van der Waals surface area contributed by atoms with E-state index >= 15 is 0 Å². The average molecular weight is 291 g/mol. The van der Waals surface area contributed by atoms with E-state index in [1.54, 1.807) is 12.4 Å². The largest absolute Gasteiger partial charge is 0.446 e. The van der Waals surface area contributed by atoms with Crippen molar-refractivity contribution in [1.82, 2.24) is 20.2 Å². The number of aromatic nitrogens is 4. The van der Waals surface area contributed by atoms with Crippen molar-refractivity contribution in [1.29, 1.82) is 0 Å². The molecule has 0 spiro atoms. The van der Waals surface area contributed by atoms with Crippen molar-refractivity contribution in [2.45, 2.75) is 0 Å². The zero-order chi connectivity index (χ0) is 11.7. The first-order valence-corrected chi connectivity index (χ1v) is 5.71. The van der Waals surface area contributed by atoms with Crippen molar-refractivity contribution >= 4 is 15.9 Å². The number of halogens is 1. The van der Waals surface area contributed by atoms with Crippen LogP contribution in [0.4, 0.5) is 0 Å². The van der Waals surface area contributed by atoms with E-state index in [9.17, 15) is 0 Å². The van der Waals surface area contributed by atoms with Crippen molar-refractivity contribution in [3.63, 3.8) is 0 Å². The summed E-state index contributed by atoms with van der Waals surface area (Å²) in [5.41, 5.74) is 0.910. The molecule has 1 N–H and O–H groups in total. The van der Waals surface area contributed by atoms with Gasteiger partial charge in [-0.3, -0.25) is 10.1 Å². The van der Waals surface area contributed by atoms with E-state index in [0.717, 1.165) is 5.56 Å². The van der Waals surface area contributed by atoms with E-state index < -0.39 is 0 Å². The normalized spacial score (nSPS) is 10.6. The molecular weight excluding hydrogens is 284 g/mol. The van der Waals surface area contributed by atoms with Crippen LogP contribution in [0, 0.1) is 0 Å². The molecule has 3 aromatic rings. The van der Waals surface area contributed by atoms with E-state index in [0.29, 0.717) is 22.1 Å². The van der Waals surface area contributed by atoms with Crippen LogP contribution in [0.5, 0.6) is 0 Å². The summed E-state index contributed by atoms with van der Waals surface area (Å²) in [6.45, 7) is 0. The molecule has 84 valence electrons. The number of nitrogens with one attached hydrogen (secondary N) is 1. The Hall–Kier alpha value is -1.95. The van der Waals surface area contributed by atoms with Gasteiger partial charge in [0.1, 0.15) is 0 Å². The molecule has 0 saturated carbocycles. The maximum atomic E-state index is 5.39. The van der Waals surface area contributed by atoms with Gasteiger partial charge in [0.25, 0.3) is 0 Å². The number of hydrogen-bond acceptors (Lipinski definition) is 4. The highest BCUT2D eigenvalue weighted by atomic mass is 79.9. The molecule has 0 atom stereocenters. The van der Waals surface area contributed by atoms with Gasteiger partial charge in [-0.1, -0.05) is 0 Å². The van der Waals surface area contributed by atoms with Crippen LogP contribution in [-0.2, 0) is 0 Å². The van der Waals surface area contributed by atoms with E-state index in [4.69, 9.17) is 4.42 Å². The molecule has 0 amide bonds. The van der Waals surface area contributed by atoms with Gasteiger partial charge in [0.05, 0.1) is 0 Å². The molecule has 0 bridgehead atoms. The summed E-state index contributed by atoms with van der Waals surface area (Å²) in [7, 11) is 0. The fraction of sp³-hybridized carbons (Fsp3) is 0. The first kappa shape index (κ1) is 10.2. The lowest BCUT2D eigenvalue weighted by Crippen LogP contribution is -1.80. The first-order chi connectivity index (χ1) is 8.33. The van der Waals surface area contributed by atoms with E-state index in [1.807, 2.05) is 24.3 Å². The molecule has 0 aliphatic rings. The monoisotopic (exact) mass is 290 g/mol. The second-order valence-electron chi connectivity index (χ2n) is 3.35. The molecular formula is C11H7BrN4O. The minimum atomic E-state index is 0.600. The Morgan fingerprint density at radius 1 is 1.12 bits per heavy atom. The van der Waals surface area contributed by atoms with Gasteiger partial charge in [0.15, 0.2) is 22.1 Å². The summed E-state index contributed by atoms with van der Waals surface area (Å²) in [5.74, 6) is 1.86. The maximum Gasteiger partial charge on any atom is 0.192 e. The molecule has 3 aromatic heterocycles. The molecule has 17 heavy (non-hydrogen) atoms. The summed E-state index contributed by atoms with van der Waals surface area (Å²) in [6.07, 6.45) is 3.41. The van der Waals surface area contributed by atoms with Gasteiger partial charge in [-0.15, -0.1) is 0 Å². The lowest BCUT2D eigenvalue weighted by molar-refractivity contribution is 0.551. The number of furan rings is 1. The highest BCUT2D eigenvalue weighted by molar-refractivity contribution is 9.10. The third-order valence-corrected chi connectivity index (χ3v) is 2.66. The topological polar surface area (TPSA) is 67.6 Å². The van der Waals surface area contributed by atoms with Crippen LogP contribution in [0.2, 0.25) is 0 Å². The third kappa shape index (κ3) is 1.99. The maximum absolute atomic E-state index is 5.39. The van der Waals surface area contributed by atoms with Crippen LogP contribution >= 0.6 is 15.9 Å². The smallest absolute Gasteiger partial charge is 0.192 e. The molecule has 5 nitrogen and oxygen atoms in total. The lowest BCUT2D eigenvalue weighted by Gasteiger charge is -1.91. The highest BCUT2D eigenvalue weighted by Crippen LogP contribution is 2.23. The van der Waals surface area contributed by atoms with Crippen molar-refractivity contribution in [3.05, 3.63) is 41.3 Å². The second-order valence-corrected chi connectivity index (χ2v) is 4.13. The fourth-order valence-corrected chi connectivity index (χ4v) is 1.75. The molecule has 0 saturated heterocycles. The van der Waals surface area contributed by atoms with Crippen LogP contribution in [0.25, 0.3) is 23.0 Å². The number of rotatable bonds is 2. The van der Waals surface area contributed by atoms with Gasteiger partial charge >= 0.3 is 0 Å². The van der Waals surface area contributed by atoms with Gasteiger partial charge in [0.2, 0.25) is 0 Å². The Balaban J connectivity index is 1.99. The molecule has 6 heteroatoms. The lowest BCUT2D eigenvalue weighted by atomic mass is 10.2. The highest BCUT2D eigenvalue weighted by Gasteiger charge is 2.10. The number of nitrogens with zero attached hydrogens (tertiary/aromatic N) is 3. The van der Waals surface area contributed by atoms with Crippen molar-refractivity contribution in [3.8, 4) is 23.0 Å². The SMILES string of the molecule is Brc1ccc(-c2nc(-c3ccncc3)n[nH]2)o1. The first-order valence-electron chi connectivity index (χ1n) is 4.91. The third-order valence-electron chi connectivity index (χ3n) is 2.23. The minimum Gasteiger partial charge on any atom is -0.446 e. The molecule has 3 rings (SSSR count). The van der Waals surface area contributed by atoms with Gasteiger partial charge < -0.3 is 4.42 Å².